The third-order valence-electron chi connectivity index (χ3n) is 4.77. The molecule has 0 bridgehead atoms. The normalized spacial score (nSPS) is 16.1. The van der Waals surface area contributed by atoms with Crippen LogP contribution in [0.2, 0.25) is 0 Å². The van der Waals surface area contributed by atoms with Gasteiger partial charge < -0.3 is 10.1 Å². The van der Waals surface area contributed by atoms with E-state index in [-0.39, 0.29) is 12.0 Å². The highest BCUT2D eigenvalue weighted by Crippen LogP contribution is 2.28. The summed E-state index contributed by atoms with van der Waals surface area (Å²) in [4.78, 5) is 25.5. The molecule has 142 valence electrons. The van der Waals surface area contributed by atoms with E-state index in [0.717, 1.165) is 40.9 Å². The Labute approximate surface area is 164 Å². The number of hydrogen-bond donors (Lipinski definition) is 1. The molecule has 0 saturated carbocycles. The molecule has 28 heavy (non-hydrogen) atoms. The molecular formula is C22H22N4O2. The molecule has 1 unspecified atom stereocenters. The fourth-order valence-electron chi connectivity index (χ4n) is 3.27. The lowest BCUT2D eigenvalue weighted by atomic mass is 10.0. The van der Waals surface area contributed by atoms with E-state index in [9.17, 15) is 4.79 Å². The highest BCUT2D eigenvalue weighted by Gasteiger charge is 2.23. The van der Waals surface area contributed by atoms with Crippen molar-refractivity contribution in [3.63, 3.8) is 0 Å². The maximum Gasteiger partial charge on any atom is 0.249 e. The van der Waals surface area contributed by atoms with Gasteiger partial charge in [-0.25, -0.2) is 9.97 Å². The number of amides is 1. The molecule has 6 nitrogen and oxygen atoms in total. The van der Waals surface area contributed by atoms with Gasteiger partial charge in [0.15, 0.2) is 0 Å². The van der Waals surface area contributed by atoms with Gasteiger partial charge >= 0.3 is 0 Å². The summed E-state index contributed by atoms with van der Waals surface area (Å²) >= 11 is 0. The average Bonchev–Trinajstić information content (AvgIpc) is 3.28. The van der Waals surface area contributed by atoms with Gasteiger partial charge in [0, 0.05) is 36.7 Å². The number of aromatic nitrogens is 3. The van der Waals surface area contributed by atoms with Crippen LogP contribution in [0, 0.1) is 6.92 Å². The van der Waals surface area contributed by atoms with Crippen molar-refractivity contribution < 1.29 is 9.53 Å². The van der Waals surface area contributed by atoms with Crippen molar-refractivity contribution in [2.75, 3.05) is 6.61 Å². The number of hydrogen-bond acceptors (Lipinski definition) is 5. The largest absolute Gasteiger partial charge is 0.368 e. The zero-order valence-electron chi connectivity index (χ0n) is 15.8. The molecule has 6 heteroatoms. The van der Waals surface area contributed by atoms with Gasteiger partial charge in [-0.05, 0) is 37.5 Å². The van der Waals surface area contributed by atoms with Crippen molar-refractivity contribution in [3.8, 4) is 22.5 Å². The number of aryl methyl sites for hydroxylation is 1. The van der Waals surface area contributed by atoms with Gasteiger partial charge in [0.05, 0.1) is 11.4 Å². The second-order valence-corrected chi connectivity index (χ2v) is 6.81. The highest BCUT2D eigenvalue weighted by molar-refractivity contribution is 5.81. The average molecular weight is 374 g/mol. The van der Waals surface area contributed by atoms with E-state index >= 15 is 0 Å². The molecule has 1 saturated heterocycles. The Morgan fingerprint density at radius 3 is 2.75 bits per heavy atom. The minimum Gasteiger partial charge on any atom is -0.368 e. The molecule has 4 rings (SSSR count). The molecule has 0 aliphatic carbocycles. The number of rotatable bonds is 5. The van der Waals surface area contributed by atoms with E-state index < -0.39 is 0 Å². The smallest absolute Gasteiger partial charge is 0.249 e. The molecule has 0 radical (unpaired) electrons. The molecule has 1 fully saturated rings. The third-order valence-corrected chi connectivity index (χ3v) is 4.77. The SMILES string of the molecule is Cc1ncc(-c2ccccn2)c(-c2ccc(CNC(=O)C3CCCO3)cc2)n1. The fourth-order valence-corrected chi connectivity index (χ4v) is 3.27. The van der Waals surface area contributed by atoms with Gasteiger partial charge in [0.1, 0.15) is 11.9 Å². The molecule has 1 N–H and O–H groups in total. The van der Waals surface area contributed by atoms with Crippen LogP contribution in [0.5, 0.6) is 0 Å². The Morgan fingerprint density at radius 2 is 2.04 bits per heavy atom. The molecule has 3 heterocycles. The quantitative estimate of drug-likeness (QED) is 0.741. The highest BCUT2D eigenvalue weighted by atomic mass is 16.5. The maximum atomic E-state index is 12.1. The lowest BCUT2D eigenvalue weighted by Gasteiger charge is -2.12. The summed E-state index contributed by atoms with van der Waals surface area (Å²) in [6, 6.07) is 13.8. The lowest BCUT2D eigenvalue weighted by molar-refractivity contribution is -0.130. The first-order chi connectivity index (χ1) is 13.7. The zero-order chi connectivity index (χ0) is 19.3. The minimum absolute atomic E-state index is 0.0366. The Bertz CT molecular complexity index is 952. The Balaban J connectivity index is 1.52. The molecule has 1 aliphatic heterocycles. The summed E-state index contributed by atoms with van der Waals surface area (Å²) in [6.45, 7) is 3.03. The summed E-state index contributed by atoms with van der Waals surface area (Å²) < 4.78 is 5.41. The van der Waals surface area contributed by atoms with Crippen LogP contribution in [0.15, 0.2) is 54.9 Å². The van der Waals surface area contributed by atoms with E-state index in [0.29, 0.717) is 19.0 Å². The fraction of sp³-hybridized carbons (Fsp3) is 0.273. The van der Waals surface area contributed by atoms with Crippen LogP contribution in [0.1, 0.15) is 24.2 Å². The van der Waals surface area contributed by atoms with Crippen LogP contribution >= 0.6 is 0 Å². The third kappa shape index (κ3) is 4.07. The van der Waals surface area contributed by atoms with Gasteiger partial charge in [0.2, 0.25) is 5.91 Å². The van der Waals surface area contributed by atoms with Gasteiger partial charge in [-0.1, -0.05) is 30.3 Å². The Morgan fingerprint density at radius 1 is 1.18 bits per heavy atom. The van der Waals surface area contributed by atoms with Crippen LogP contribution in [0.3, 0.4) is 0 Å². The molecule has 1 aromatic carbocycles. The summed E-state index contributed by atoms with van der Waals surface area (Å²) in [6.07, 6.45) is 5.02. The predicted octanol–water partition coefficient (Wildman–Crippen LogP) is 3.31. The molecule has 3 aromatic rings. The first-order valence-electron chi connectivity index (χ1n) is 9.44. The molecule has 1 aliphatic rings. The maximum absolute atomic E-state index is 12.1. The van der Waals surface area contributed by atoms with Crippen molar-refractivity contribution >= 4 is 5.91 Å². The van der Waals surface area contributed by atoms with E-state index in [1.807, 2.05) is 55.6 Å². The monoisotopic (exact) mass is 374 g/mol. The predicted molar refractivity (Wildman–Crippen MR) is 106 cm³/mol. The van der Waals surface area contributed by atoms with Crippen LogP contribution in [-0.4, -0.2) is 33.6 Å². The van der Waals surface area contributed by atoms with Crippen LogP contribution in [-0.2, 0) is 16.1 Å². The summed E-state index contributed by atoms with van der Waals surface area (Å²) in [5.41, 5.74) is 4.60. The van der Waals surface area contributed by atoms with Crippen molar-refractivity contribution in [1.29, 1.82) is 0 Å². The first-order valence-corrected chi connectivity index (χ1v) is 9.44. The number of nitrogens with zero attached hydrogens (tertiary/aromatic N) is 3. The van der Waals surface area contributed by atoms with E-state index in [1.54, 1.807) is 6.20 Å². The van der Waals surface area contributed by atoms with Gasteiger partial charge in [-0.2, -0.15) is 0 Å². The van der Waals surface area contributed by atoms with E-state index in [1.165, 1.54) is 0 Å². The van der Waals surface area contributed by atoms with Crippen molar-refractivity contribution in [3.05, 3.63) is 66.2 Å². The summed E-state index contributed by atoms with van der Waals surface area (Å²) in [7, 11) is 0. The van der Waals surface area contributed by atoms with E-state index in [2.05, 4.69) is 20.3 Å². The Hall–Kier alpha value is -3.12. The second-order valence-electron chi connectivity index (χ2n) is 6.81. The molecule has 1 amide bonds. The standard InChI is InChI=1S/C22H22N4O2/c1-15-24-14-18(19-5-2-3-11-23-19)21(26-15)17-9-7-16(8-10-17)13-25-22(27)20-6-4-12-28-20/h2-3,5,7-11,14,20H,4,6,12-13H2,1H3,(H,25,27). The number of pyridine rings is 1. The van der Waals surface area contributed by atoms with E-state index in [4.69, 9.17) is 4.74 Å². The first kappa shape index (κ1) is 18.3. The van der Waals surface area contributed by atoms with Gasteiger partial charge in [-0.15, -0.1) is 0 Å². The summed E-state index contributed by atoms with van der Waals surface area (Å²) in [5.74, 6) is 0.674. The van der Waals surface area contributed by atoms with Crippen molar-refractivity contribution in [2.45, 2.75) is 32.4 Å². The molecule has 0 spiro atoms. The van der Waals surface area contributed by atoms with Crippen LogP contribution in [0.4, 0.5) is 0 Å². The molecular weight excluding hydrogens is 352 g/mol. The summed E-state index contributed by atoms with van der Waals surface area (Å²) in [5, 5.41) is 2.95. The number of ether oxygens (including phenoxy) is 1. The van der Waals surface area contributed by atoms with Gasteiger partial charge in [-0.3, -0.25) is 9.78 Å². The minimum atomic E-state index is -0.302. The number of carbonyl (C=O) groups excluding carboxylic acids is 1. The topological polar surface area (TPSA) is 77.0 Å². The number of carbonyl (C=O) groups is 1. The Kier molecular flexibility index (Phi) is 5.39. The molecule has 2 aromatic heterocycles. The number of benzene rings is 1. The van der Waals surface area contributed by atoms with Gasteiger partial charge in [0.25, 0.3) is 0 Å². The van der Waals surface area contributed by atoms with Crippen molar-refractivity contribution in [2.24, 2.45) is 0 Å². The molecule has 1 atom stereocenters. The zero-order valence-corrected chi connectivity index (χ0v) is 15.8. The lowest BCUT2D eigenvalue weighted by Crippen LogP contribution is -2.33. The van der Waals surface area contributed by atoms with Crippen molar-refractivity contribution in [1.82, 2.24) is 20.3 Å². The second kappa shape index (κ2) is 8.27. The number of nitrogens with one attached hydrogen (secondary N) is 1. The van der Waals surface area contributed by atoms with Crippen LogP contribution in [0.25, 0.3) is 22.5 Å². The van der Waals surface area contributed by atoms with Crippen LogP contribution < -0.4 is 5.32 Å².